The Kier molecular flexibility index (Phi) is 56.4. The van der Waals surface area contributed by atoms with E-state index in [0.717, 1.165) is 58.0 Å². The Bertz CT molecular complexity index is 2270. The number of carbonyl (C=O) groups excluding carboxylic acids is 10. The van der Waals surface area contributed by atoms with Gasteiger partial charge in [0.25, 0.3) is 0 Å². The molecule has 4 atom stereocenters. The first kappa shape index (κ1) is 95.0. The monoisotopic (exact) mass is 1420 g/mol. The third-order valence-corrected chi connectivity index (χ3v) is 19.0. The van der Waals surface area contributed by atoms with Gasteiger partial charge >= 0.3 is 11.9 Å². The molecule has 0 aliphatic carbocycles. The highest BCUT2D eigenvalue weighted by Crippen LogP contribution is 2.26. The molecule has 4 unspecified atom stereocenters. The smallest absolute Gasteiger partial charge is 0.307 e. The number of likely N-dealkylation sites (N-methyl/N-ethyl adjacent to an activating group) is 12. The summed E-state index contributed by atoms with van der Waals surface area (Å²) in [5.74, 6) is -7.88. The van der Waals surface area contributed by atoms with Crippen LogP contribution in [0, 0.1) is 23.7 Å². The average Bonchev–Trinajstić information content (AvgIpc) is 0.866. The lowest BCUT2D eigenvalue weighted by atomic mass is 9.83. The summed E-state index contributed by atoms with van der Waals surface area (Å²) in [6, 6.07) is 0. The lowest BCUT2D eigenvalue weighted by molar-refractivity contribution is -0.145. The number of esters is 2. The highest BCUT2D eigenvalue weighted by molar-refractivity contribution is 5.97. The van der Waals surface area contributed by atoms with E-state index in [4.69, 9.17) is 9.47 Å². The molecule has 0 saturated heterocycles. The van der Waals surface area contributed by atoms with Crippen molar-refractivity contribution in [1.29, 1.82) is 0 Å². The Hall–Kier alpha value is -5.02. The van der Waals surface area contributed by atoms with Gasteiger partial charge in [0, 0.05) is 209 Å². The van der Waals surface area contributed by atoms with E-state index in [0.29, 0.717) is 137 Å². The Morgan fingerprint density at radius 1 is 0.320 bits per heavy atom. The van der Waals surface area contributed by atoms with Gasteiger partial charge < -0.3 is 74.4 Å². The molecule has 3 N–H and O–H groups in total. The highest BCUT2D eigenvalue weighted by Gasteiger charge is 2.36. The number of ether oxygens (including phenoxy) is 2. The van der Waals surface area contributed by atoms with Gasteiger partial charge in [-0.3, -0.25) is 47.9 Å². The van der Waals surface area contributed by atoms with E-state index >= 15 is 4.79 Å². The van der Waals surface area contributed by atoms with Gasteiger partial charge in [-0.1, -0.05) is 98.3 Å². The molecular weight excluding hydrogens is 1270 g/mol. The zero-order chi connectivity index (χ0) is 75.2. The number of nitrogens with zero attached hydrogens (tertiary/aromatic N) is 10. The summed E-state index contributed by atoms with van der Waals surface area (Å²) in [6.07, 6.45) is 13.4. The Morgan fingerprint density at radius 2 is 0.650 bits per heavy atom. The summed E-state index contributed by atoms with van der Waals surface area (Å²) in [5.41, 5.74) is 0. The molecule has 0 spiro atoms. The lowest BCUT2D eigenvalue weighted by Crippen LogP contribution is -2.42. The maximum Gasteiger partial charge on any atom is 0.307 e. The quantitative estimate of drug-likeness (QED) is 0.0490. The zero-order valence-corrected chi connectivity index (χ0v) is 66.0. The number of unbranched alkanes of at least 4 members (excludes halogenated alkanes) is 11. The van der Waals surface area contributed by atoms with Crippen LogP contribution in [0.25, 0.3) is 0 Å². The number of nitrogens with one attached hydrogen (secondary N) is 3. The van der Waals surface area contributed by atoms with Crippen LogP contribution in [0.1, 0.15) is 182 Å². The molecule has 0 saturated carbocycles. The molecule has 0 aromatic heterocycles. The summed E-state index contributed by atoms with van der Waals surface area (Å²) in [4.78, 5) is 159. The first-order valence-corrected chi connectivity index (χ1v) is 38.2. The van der Waals surface area contributed by atoms with Gasteiger partial charge in [0.1, 0.15) is 17.3 Å². The summed E-state index contributed by atoms with van der Waals surface area (Å²) in [5, 5.41) is 9.15. The number of hydrogen-bond acceptors (Lipinski definition) is 20. The molecule has 0 aromatic carbocycles. The molecule has 0 aliphatic rings. The van der Waals surface area contributed by atoms with E-state index < -0.39 is 65.8 Å². The van der Waals surface area contributed by atoms with Crippen molar-refractivity contribution in [1.82, 2.24) is 64.9 Å². The van der Waals surface area contributed by atoms with Crippen molar-refractivity contribution in [3.63, 3.8) is 0 Å². The highest BCUT2D eigenvalue weighted by atomic mass is 16.5. The van der Waals surface area contributed by atoms with Crippen LogP contribution in [-0.4, -0.2) is 330 Å². The first-order chi connectivity index (χ1) is 47.7. The predicted molar refractivity (Wildman–Crippen MR) is 401 cm³/mol. The average molecular weight is 1420 g/mol. The van der Waals surface area contributed by atoms with E-state index in [-0.39, 0.29) is 74.6 Å². The fourth-order valence-corrected chi connectivity index (χ4v) is 11.3. The van der Waals surface area contributed by atoms with Crippen LogP contribution in [0.5, 0.6) is 0 Å². The van der Waals surface area contributed by atoms with Crippen molar-refractivity contribution >= 4 is 58.8 Å². The van der Waals surface area contributed by atoms with E-state index in [2.05, 4.69) is 54.3 Å². The van der Waals surface area contributed by atoms with Gasteiger partial charge in [-0.15, -0.1) is 0 Å². The number of rotatable bonds is 66. The summed E-state index contributed by atoms with van der Waals surface area (Å²) in [6.45, 7) is 19.7. The van der Waals surface area contributed by atoms with Crippen LogP contribution in [0.15, 0.2) is 0 Å². The molecule has 0 heterocycles. The van der Waals surface area contributed by atoms with Gasteiger partial charge in [0.15, 0.2) is 0 Å². The summed E-state index contributed by atoms with van der Waals surface area (Å²) in [7, 11) is 22.1. The second-order valence-electron chi connectivity index (χ2n) is 28.5. The fourth-order valence-electron chi connectivity index (χ4n) is 11.3. The van der Waals surface area contributed by atoms with E-state index in [9.17, 15) is 43.2 Å². The third kappa shape index (κ3) is 48.0. The van der Waals surface area contributed by atoms with Crippen molar-refractivity contribution in [2.45, 2.75) is 182 Å². The van der Waals surface area contributed by atoms with E-state index in [1.807, 2.05) is 75.1 Å². The molecule has 0 bridgehead atoms. The predicted octanol–water partition coefficient (Wildman–Crippen LogP) is 5.67. The normalized spacial score (nSPS) is 12.9. The van der Waals surface area contributed by atoms with Gasteiger partial charge in [-0.05, 0) is 82.1 Å². The summed E-state index contributed by atoms with van der Waals surface area (Å²) < 4.78 is 10.9. The van der Waals surface area contributed by atoms with E-state index in [1.54, 1.807) is 38.0 Å². The molecule has 25 nitrogen and oxygen atoms in total. The number of Topliss-reactive ketones (excluding diaryl/α,β-unsaturated/α-hetero) is 3. The Balaban J connectivity index is 6.74. The SMILES string of the molecule is CCCCCCCCOC(=O)CCN(C)CCN(C)CCN(C)C(=O)CC(CC(=O)CC(CC)C(=O)N(C)CCN(C)CCN(C)CCC(=O)OCCCCCCCC)C(=O)CC(CC(=O)CC(CC(=O)N(C)CCN(C)CCNC)C(=O)NCCCC)C(=O)N(C)CCN(C)CCNC. The largest absolute Gasteiger partial charge is 0.466 e. The van der Waals surface area contributed by atoms with Gasteiger partial charge in [-0.2, -0.15) is 0 Å². The van der Waals surface area contributed by atoms with E-state index in [1.165, 1.54) is 48.3 Å². The van der Waals surface area contributed by atoms with Crippen molar-refractivity contribution in [2.24, 2.45) is 23.7 Å². The standard InChI is InChI=1S/C75H145N13O12/c1-17-21-24-26-28-30-53-99-71(94)32-37-79(7)41-43-83(11)46-50-85(13)69(92)60-63(56-66(89)55-62(20-4)74(97)87(15)52-48-84(12)44-42-80(8)38-33-72(95)100-54-31-29-27-25-22-18-2)68(91)59-65(75(98)88(16)51-47-82(10)40-36-77-6)58-67(90)57-64(73(96)78-34-23-19-3)61-70(93)86(14)49-45-81(9)39-35-76-5/h62-65,76-77H,17-61H2,1-16H3,(H,78,96). The maximum absolute atomic E-state index is 15.1. The van der Waals surface area contributed by atoms with Gasteiger partial charge in [0.2, 0.25) is 29.5 Å². The molecule has 0 aliphatic heterocycles. The molecule has 0 radical (unpaired) electrons. The van der Waals surface area contributed by atoms with Crippen molar-refractivity contribution < 1.29 is 57.4 Å². The second kappa shape index (κ2) is 59.4. The van der Waals surface area contributed by atoms with Crippen LogP contribution >= 0.6 is 0 Å². The molecule has 25 heteroatoms. The van der Waals surface area contributed by atoms with Crippen molar-refractivity contribution in [3.05, 3.63) is 0 Å². The van der Waals surface area contributed by atoms with Crippen LogP contribution in [0.2, 0.25) is 0 Å². The molecule has 0 aromatic rings. The minimum absolute atomic E-state index is 0.178. The minimum atomic E-state index is -1.23. The van der Waals surface area contributed by atoms with Crippen molar-refractivity contribution in [3.8, 4) is 0 Å². The molecule has 100 heavy (non-hydrogen) atoms. The molecule has 5 amide bonds. The first-order valence-electron chi connectivity index (χ1n) is 38.2. The third-order valence-electron chi connectivity index (χ3n) is 19.0. The molecule has 582 valence electrons. The number of carbonyl (C=O) groups is 10. The number of amides is 5. The Labute approximate surface area is 606 Å². The topological polar surface area (TPSA) is 258 Å². The fraction of sp³-hybridized carbons (Fsp3) is 0.867. The number of ketones is 3. The van der Waals surface area contributed by atoms with Gasteiger partial charge in [-0.25, -0.2) is 0 Å². The van der Waals surface area contributed by atoms with Crippen LogP contribution < -0.4 is 16.0 Å². The summed E-state index contributed by atoms with van der Waals surface area (Å²) >= 11 is 0. The van der Waals surface area contributed by atoms with Crippen LogP contribution in [-0.2, 0) is 57.4 Å². The molecule has 0 fully saturated rings. The number of hydrogen-bond donors (Lipinski definition) is 3. The zero-order valence-electron chi connectivity index (χ0n) is 66.0. The minimum Gasteiger partial charge on any atom is -0.466 e. The Morgan fingerprint density at radius 3 is 1.06 bits per heavy atom. The molecular formula is C75H145N13O12. The lowest BCUT2D eigenvalue weighted by Gasteiger charge is -2.28. The maximum atomic E-state index is 15.1. The van der Waals surface area contributed by atoms with Crippen LogP contribution in [0.3, 0.4) is 0 Å². The second-order valence-corrected chi connectivity index (χ2v) is 28.5. The van der Waals surface area contributed by atoms with Crippen LogP contribution in [0.4, 0.5) is 0 Å². The molecule has 0 rings (SSSR count). The van der Waals surface area contributed by atoms with Crippen molar-refractivity contribution in [2.75, 3.05) is 222 Å². The van der Waals surface area contributed by atoms with Gasteiger partial charge in [0.05, 0.1) is 37.9 Å².